The van der Waals surface area contributed by atoms with Crippen LogP contribution < -0.4 is 11.2 Å². The first-order valence-electron chi connectivity index (χ1n) is 6.06. The van der Waals surface area contributed by atoms with Gasteiger partial charge in [-0.2, -0.15) is 0 Å². The molecule has 9 heteroatoms. The van der Waals surface area contributed by atoms with E-state index in [4.69, 9.17) is 5.53 Å². The molecule has 0 spiro atoms. The minimum atomic E-state index is -0.732. The molecule has 1 saturated carbocycles. The Labute approximate surface area is 112 Å². The number of azide groups is 1. The van der Waals surface area contributed by atoms with Crippen LogP contribution >= 0.6 is 0 Å². The number of H-pyrrole nitrogens is 1. The lowest BCUT2D eigenvalue weighted by Gasteiger charge is -2.13. The lowest BCUT2D eigenvalue weighted by molar-refractivity contribution is 0.112. The molecular weight excluding hydrogens is 266 g/mol. The number of aliphatic hydroxyl groups is 1. The average Bonchev–Trinajstić information content (AvgIpc) is 2.82. The van der Waals surface area contributed by atoms with Gasteiger partial charge in [-0.25, -0.2) is 4.79 Å². The van der Waals surface area contributed by atoms with Crippen LogP contribution in [0.15, 0.2) is 20.9 Å². The van der Waals surface area contributed by atoms with Crippen molar-refractivity contribution in [3.63, 3.8) is 0 Å². The minimum absolute atomic E-state index is 0.141. The van der Waals surface area contributed by atoms with Crippen LogP contribution in [0.4, 0.5) is 0 Å². The molecule has 0 amide bonds. The zero-order chi connectivity index (χ0) is 14.7. The van der Waals surface area contributed by atoms with E-state index < -0.39 is 17.3 Å². The molecule has 0 unspecified atom stereocenters. The summed E-state index contributed by atoms with van der Waals surface area (Å²) in [7, 11) is 0. The molecular formula is C11H13N5O4. The highest BCUT2D eigenvalue weighted by atomic mass is 16.3. The van der Waals surface area contributed by atoms with E-state index in [0.29, 0.717) is 19.1 Å². The Morgan fingerprint density at radius 1 is 1.55 bits per heavy atom. The number of aliphatic hydroxyl groups excluding tert-OH is 1. The van der Waals surface area contributed by atoms with Gasteiger partial charge in [0, 0.05) is 29.8 Å². The third kappa shape index (κ3) is 2.49. The van der Waals surface area contributed by atoms with E-state index in [9.17, 15) is 19.5 Å². The number of aromatic nitrogens is 2. The van der Waals surface area contributed by atoms with Crippen LogP contribution in [-0.2, 0) is 0 Å². The van der Waals surface area contributed by atoms with Crippen molar-refractivity contribution in [1.29, 1.82) is 0 Å². The zero-order valence-electron chi connectivity index (χ0n) is 10.5. The maximum atomic E-state index is 11.8. The van der Waals surface area contributed by atoms with Crippen LogP contribution in [0.2, 0.25) is 0 Å². The lowest BCUT2D eigenvalue weighted by atomic mass is 10.1. The van der Waals surface area contributed by atoms with Crippen molar-refractivity contribution in [2.45, 2.75) is 24.9 Å². The monoisotopic (exact) mass is 279 g/mol. The van der Waals surface area contributed by atoms with Crippen molar-refractivity contribution in [3.05, 3.63) is 43.0 Å². The summed E-state index contributed by atoms with van der Waals surface area (Å²) in [4.78, 5) is 38.6. The van der Waals surface area contributed by atoms with Gasteiger partial charge in [0.2, 0.25) is 0 Å². The van der Waals surface area contributed by atoms with E-state index in [-0.39, 0.29) is 24.1 Å². The van der Waals surface area contributed by atoms with E-state index in [2.05, 4.69) is 15.0 Å². The van der Waals surface area contributed by atoms with E-state index in [0.717, 1.165) is 0 Å². The molecule has 3 atom stereocenters. The summed E-state index contributed by atoms with van der Waals surface area (Å²) in [6.45, 7) is -0.154. The number of carbonyl (C=O) groups excluding carboxylic acids is 1. The standard InChI is InChI=1S/C11H13N5O4/c12-15-14-9-2-8(1-6(9)4-17)16-3-7(5-18)10(19)13-11(16)20/h3,5-6,8-9,17H,1-2,4H2,(H,13,19,20)/t6-,8-,9+/m1/s1. The van der Waals surface area contributed by atoms with Crippen molar-refractivity contribution in [2.24, 2.45) is 11.0 Å². The fraction of sp³-hybridized carbons (Fsp3) is 0.545. The Hall–Kier alpha value is -2.38. The second kappa shape index (κ2) is 5.72. The molecule has 0 saturated heterocycles. The third-order valence-corrected chi connectivity index (χ3v) is 3.58. The summed E-state index contributed by atoms with van der Waals surface area (Å²) < 4.78 is 1.25. The summed E-state index contributed by atoms with van der Waals surface area (Å²) in [5.41, 5.74) is 6.99. The molecule has 0 radical (unpaired) electrons. The Morgan fingerprint density at radius 2 is 2.30 bits per heavy atom. The van der Waals surface area contributed by atoms with Crippen LogP contribution in [0.3, 0.4) is 0 Å². The van der Waals surface area contributed by atoms with Crippen molar-refractivity contribution in [1.82, 2.24) is 9.55 Å². The van der Waals surface area contributed by atoms with Gasteiger partial charge in [0.25, 0.3) is 5.56 Å². The smallest absolute Gasteiger partial charge is 0.328 e. The van der Waals surface area contributed by atoms with Gasteiger partial charge in [-0.05, 0) is 24.3 Å². The second-order valence-corrected chi connectivity index (χ2v) is 4.71. The molecule has 2 rings (SSSR count). The van der Waals surface area contributed by atoms with Gasteiger partial charge in [0.15, 0.2) is 6.29 Å². The number of aromatic amines is 1. The quantitative estimate of drug-likeness (QED) is 0.345. The number of nitrogens with zero attached hydrogens (tertiary/aromatic N) is 4. The zero-order valence-corrected chi connectivity index (χ0v) is 10.5. The first-order valence-corrected chi connectivity index (χ1v) is 6.06. The molecule has 0 aliphatic heterocycles. The number of aldehydes is 1. The van der Waals surface area contributed by atoms with Gasteiger partial charge < -0.3 is 5.11 Å². The molecule has 1 aliphatic rings. The maximum Gasteiger partial charge on any atom is 0.328 e. The topological polar surface area (TPSA) is 141 Å². The summed E-state index contributed by atoms with van der Waals surface area (Å²) in [5.74, 6) is -0.241. The highest BCUT2D eigenvalue weighted by molar-refractivity contribution is 5.73. The van der Waals surface area contributed by atoms with E-state index in [1.807, 2.05) is 0 Å². The van der Waals surface area contributed by atoms with Crippen molar-refractivity contribution in [2.75, 3.05) is 6.61 Å². The number of hydrogen-bond donors (Lipinski definition) is 2. The second-order valence-electron chi connectivity index (χ2n) is 4.71. The van der Waals surface area contributed by atoms with Crippen LogP contribution in [0, 0.1) is 5.92 Å². The fourth-order valence-electron chi connectivity index (χ4n) is 2.56. The van der Waals surface area contributed by atoms with Crippen LogP contribution in [0.25, 0.3) is 10.4 Å². The van der Waals surface area contributed by atoms with Gasteiger partial charge in [0.1, 0.15) is 0 Å². The van der Waals surface area contributed by atoms with Gasteiger partial charge in [-0.15, -0.1) is 0 Å². The summed E-state index contributed by atoms with van der Waals surface area (Å²) in [6.07, 6.45) is 2.38. The maximum absolute atomic E-state index is 11.8. The van der Waals surface area contributed by atoms with E-state index >= 15 is 0 Å². The van der Waals surface area contributed by atoms with Crippen molar-refractivity contribution < 1.29 is 9.90 Å². The molecule has 1 aliphatic carbocycles. The predicted molar refractivity (Wildman–Crippen MR) is 68.5 cm³/mol. The van der Waals surface area contributed by atoms with E-state index in [1.54, 1.807) is 0 Å². The van der Waals surface area contributed by atoms with Gasteiger partial charge in [-0.3, -0.25) is 19.1 Å². The number of rotatable bonds is 4. The first-order chi connectivity index (χ1) is 9.60. The third-order valence-electron chi connectivity index (χ3n) is 3.58. The fourth-order valence-corrected chi connectivity index (χ4v) is 2.56. The molecule has 20 heavy (non-hydrogen) atoms. The molecule has 9 nitrogen and oxygen atoms in total. The normalized spacial score (nSPS) is 25.1. The largest absolute Gasteiger partial charge is 0.396 e. The Morgan fingerprint density at radius 3 is 2.90 bits per heavy atom. The number of carbonyl (C=O) groups is 1. The Bertz CT molecular complexity index is 672. The van der Waals surface area contributed by atoms with Gasteiger partial charge in [0.05, 0.1) is 5.56 Å². The minimum Gasteiger partial charge on any atom is -0.396 e. The molecule has 1 fully saturated rings. The highest BCUT2D eigenvalue weighted by Gasteiger charge is 2.34. The van der Waals surface area contributed by atoms with Crippen LogP contribution in [0.5, 0.6) is 0 Å². The molecule has 1 aromatic rings. The Balaban J connectivity index is 2.38. The number of nitrogens with one attached hydrogen (secondary N) is 1. The van der Waals surface area contributed by atoms with Crippen molar-refractivity contribution in [3.8, 4) is 0 Å². The van der Waals surface area contributed by atoms with Crippen LogP contribution in [0.1, 0.15) is 29.2 Å². The van der Waals surface area contributed by atoms with Gasteiger partial charge in [-0.1, -0.05) is 5.11 Å². The van der Waals surface area contributed by atoms with Gasteiger partial charge >= 0.3 is 5.69 Å². The number of hydrogen-bond acceptors (Lipinski definition) is 5. The van der Waals surface area contributed by atoms with Crippen molar-refractivity contribution >= 4 is 6.29 Å². The summed E-state index contributed by atoms with van der Waals surface area (Å²) in [6, 6.07) is -0.737. The Kier molecular flexibility index (Phi) is 4.02. The highest BCUT2D eigenvalue weighted by Crippen LogP contribution is 2.35. The molecule has 1 aromatic heterocycles. The average molecular weight is 279 g/mol. The molecule has 0 aromatic carbocycles. The summed E-state index contributed by atoms with van der Waals surface area (Å²) >= 11 is 0. The first kappa shape index (κ1) is 14.0. The molecule has 106 valence electrons. The lowest BCUT2D eigenvalue weighted by Crippen LogP contribution is -2.33. The summed E-state index contributed by atoms with van der Waals surface area (Å²) in [5, 5.41) is 12.9. The predicted octanol–water partition coefficient (Wildman–Crippen LogP) is -0.0286. The molecule has 0 bridgehead atoms. The van der Waals surface area contributed by atoms with Crippen LogP contribution in [-0.4, -0.2) is 33.6 Å². The molecule has 2 N–H and O–H groups in total. The molecule has 1 heterocycles. The van der Waals surface area contributed by atoms with E-state index in [1.165, 1.54) is 10.8 Å². The SMILES string of the molecule is [N-]=[N+]=N[C@H]1C[C@H](n2cc(C=O)c(=O)[nH]c2=O)C[C@@H]1CO.